The largest absolute Gasteiger partial charge is 0.322 e. The highest BCUT2D eigenvalue weighted by atomic mass is 35.5. The quantitative estimate of drug-likeness (QED) is 0.818. The molecule has 2 aromatic rings. The summed E-state index contributed by atoms with van der Waals surface area (Å²) in [6, 6.07) is 13.2. The Kier molecular flexibility index (Phi) is 4.17. The standard InChI is InChI=1S/C16H13ClFNOS/c17-13-3-1-2-12(10-13)16-19(8-9-21-16)15(20)11-4-6-14(18)7-5-11/h1-7,10,16H,8-9H2/t16-/m0/s1. The summed E-state index contributed by atoms with van der Waals surface area (Å²) in [5, 5.41) is 0.621. The molecule has 0 bridgehead atoms. The summed E-state index contributed by atoms with van der Waals surface area (Å²) in [5.41, 5.74) is 1.52. The zero-order valence-corrected chi connectivity index (χ0v) is 12.7. The van der Waals surface area contributed by atoms with Gasteiger partial charge in [-0.05, 0) is 42.0 Å². The number of halogens is 2. The monoisotopic (exact) mass is 321 g/mol. The summed E-state index contributed by atoms with van der Waals surface area (Å²) in [7, 11) is 0. The molecule has 1 aliphatic heterocycles. The number of nitrogens with zero attached hydrogens (tertiary/aromatic N) is 1. The molecule has 0 radical (unpaired) electrons. The van der Waals surface area contributed by atoms with Crippen LogP contribution in [-0.2, 0) is 0 Å². The van der Waals surface area contributed by atoms with Gasteiger partial charge >= 0.3 is 0 Å². The maximum atomic E-state index is 13.0. The number of benzene rings is 2. The van der Waals surface area contributed by atoms with E-state index in [0.29, 0.717) is 17.1 Å². The van der Waals surface area contributed by atoms with Gasteiger partial charge in [-0.1, -0.05) is 23.7 Å². The molecule has 0 saturated carbocycles. The lowest BCUT2D eigenvalue weighted by molar-refractivity contribution is 0.0760. The highest BCUT2D eigenvalue weighted by molar-refractivity contribution is 7.99. The van der Waals surface area contributed by atoms with Gasteiger partial charge in [0.15, 0.2) is 0 Å². The van der Waals surface area contributed by atoms with E-state index in [0.717, 1.165) is 11.3 Å². The van der Waals surface area contributed by atoms with E-state index < -0.39 is 0 Å². The van der Waals surface area contributed by atoms with Gasteiger partial charge in [0, 0.05) is 22.9 Å². The number of rotatable bonds is 2. The lowest BCUT2D eigenvalue weighted by Gasteiger charge is -2.24. The Morgan fingerprint density at radius 2 is 2.00 bits per heavy atom. The average molecular weight is 322 g/mol. The van der Waals surface area contributed by atoms with Gasteiger partial charge < -0.3 is 4.90 Å². The molecule has 1 heterocycles. The second-order valence-corrected chi connectivity index (χ2v) is 6.41. The summed E-state index contributed by atoms with van der Waals surface area (Å²) >= 11 is 7.74. The molecular formula is C16H13ClFNOS. The minimum atomic E-state index is -0.339. The van der Waals surface area contributed by atoms with Crippen molar-refractivity contribution in [3.63, 3.8) is 0 Å². The van der Waals surface area contributed by atoms with Gasteiger partial charge in [-0.15, -0.1) is 11.8 Å². The van der Waals surface area contributed by atoms with Crippen LogP contribution in [0.25, 0.3) is 0 Å². The minimum absolute atomic E-state index is 0.0405. The van der Waals surface area contributed by atoms with Crippen LogP contribution in [-0.4, -0.2) is 23.1 Å². The number of hydrogen-bond donors (Lipinski definition) is 0. The molecule has 21 heavy (non-hydrogen) atoms. The molecule has 1 aliphatic rings. The predicted molar refractivity (Wildman–Crippen MR) is 84.1 cm³/mol. The third-order valence-corrected chi connectivity index (χ3v) is 4.87. The molecule has 0 N–H and O–H groups in total. The Morgan fingerprint density at radius 3 is 2.71 bits per heavy atom. The molecule has 3 rings (SSSR count). The van der Waals surface area contributed by atoms with Crippen LogP contribution in [0.1, 0.15) is 21.3 Å². The Bertz CT molecular complexity index is 662. The van der Waals surface area contributed by atoms with Crippen molar-refractivity contribution in [2.45, 2.75) is 5.37 Å². The van der Waals surface area contributed by atoms with Gasteiger partial charge in [-0.25, -0.2) is 4.39 Å². The Morgan fingerprint density at radius 1 is 1.24 bits per heavy atom. The van der Waals surface area contributed by atoms with E-state index >= 15 is 0 Å². The summed E-state index contributed by atoms with van der Waals surface area (Å²) in [6.07, 6.45) is 0. The fourth-order valence-corrected chi connectivity index (χ4v) is 3.82. The SMILES string of the molecule is O=C(c1ccc(F)cc1)N1CCS[C@H]1c1cccc(Cl)c1. The van der Waals surface area contributed by atoms with E-state index in [-0.39, 0.29) is 17.1 Å². The first-order chi connectivity index (χ1) is 10.1. The second kappa shape index (κ2) is 6.08. The maximum Gasteiger partial charge on any atom is 0.255 e. The van der Waals surface area contributed by atoms with Gasteiger partial charge in [0.25, 0.3) is 5.91 Å². The molecule has 1 fully saturated rings. The zero-order chi connectivity index (χ0) is 14.8. The third-order valence-electron chi connectivity index (χ3n) is 3.38. The van der Waals surface area contributed by atoms with Crippen molar-refractivity contribution in [1.29, 1.82) is 0 Å². The number of hydrogen-bond acceptors (Lipinski definition) is 2. The molecule has 0 spiro atoms. The molecule has 2 aromatic carbocycles. The van der Waals surface area contributed by atoms with Crippen LogP contribution >= 0.6 is 23.4 Å². The van der Waals surface area contributed by atoms with Crippen LogP contribution in [0.15, 0.2) is 48.5 Å². The van der Waals surface area contributed by atoms with Crippen molar-refractivity contribution in [2.75, 3.05) is 12.3 Å². The minimum Gasteiger partial charge on any atom is -0.322 e. The number of amides is 1. The lowest BCUT2D eigenvalue weighted by Crippen LogP contribution is -2.30. The van der Waals surface area contributed by atoms with E-state index in [1.165, 1.54) is 24.3 Å². The number of carbonyl (C=O) groups is 1. The molecule has 0 unspecified atom stereocenters. The summed E-state index contributed by atoms with van der Waals surface area (Å²) < 4.78 is 13.0. The van der Waals surface area contributed by atoms with Gasteiger partial charge in [0.2, 0.25) is 0 Å². The van der Waals surface area contributed by atoms with Crippen LogP contribution < -0.4 is 0 Å². The Hall–Kier alpha value is -1.52. The molecule has 1 amide bonds. The molecule has 0 aromatic heterocycles. The first kappa shape index (κ1) is 14.4. The summed E-state index contributed by atoms with van der Waals surface area (Å²) in [4.78, 5) is 14.4. The van der Waals surface area contributed by atoms with Gasteiger partial charge in [0.1, 0.15) is 11.2 Å². The average Bonchev–Trinajstić information content (AvgIpc) is 2.97. The molecular weight excluding hydrogens is 309 g/mol. The summed E-state index contributed by atoms with van der Waals surface area (Å²) in [6.45, 7) is 0.679. The van der Waals surface area contributed by atoms with Crippen molar-refractivity contribution in [2.24, 2.45) is 0 Å². The van der Waals surface area contributed by atoms with E-state index in [1.807, 2.05) is 29.2 Å². The molecule has 1 atom stereocenters. The highest BCUT2D eigenvalue weighted by Gasteiger charge is 2.31. The van der Waals surface area contributed by atoms with Crippen molar-refractivity contribution in [3.05, 3.63) is 70.5 Å². The fourth-order valence-electron chi connectivity index (χ4n) is 2.37. The van der Waals surface area contributed by atoms with Crippen molar-refractivity contribution >= 4 is 29.3 Å². The number of thioether (sulfide) groups is 1. The summed E-state index contributed by atoms with van der Waals surface area (Å²) in [5.74, 6) is 0.461. The third kappa shape index (κ3) is 3.06. The molecule has 108 valence electrons. The normalized spacial score (nSPS) is 18.0. The van der Waals surface area contributed by atoms with Crippen LogP contribution in [0.3, 0.4) is 0 Å². The van der Waals surface area contributed by atoms with Crippen LogP contribution in [0, 0.1) is 5.82 Å². The molecule has 2 nitrogen and oxygen atoms in total. The van der Waals surface area contributed by atoms with Crippen molar-refractivity contribution in [1.82, 2.24) is 4.90 Å². The first-order valence-corrected chi connectivity index (χ1v) is 8.01. The van der Waals surface area contributed by atoms with Crippen molar-refractivity contribution in [3.8, 4) is 0 Å². The van der Waals surface area contributed by atoms with E-state index in [9.17, 15) is 9.18 Å². The van der Waals surface area contributed by atoms with Crippen LogP contribution in [0.4, 0.5) is 4.39 Å². The van der Waals surface area contributed by atoms with Gasteiger partial charge in [-0.3, -0.25) is 4.79 Å². The van der Waals surface area contributed by atoms with Gasteiger partial charge in [0.05, 0.1) is 0 Å². The first-order valence-electron chi connectivity index (χ1n) is 6.59. The van der Waals surface area contributed by atoms with Gasteiger partial charge in [-0.2, -0.15) is 0 Å². The van der Waals surface area contributed by atoms with Crippen LogP contribution in [0.5, 0.6) is 0 Å². The Balaban J connectivity index is 1.87. The van der Waals surface area contributed by atoms with E-state index in [2.05, 4.69) is 0 Å². The smallest absolute Gasteiger partial charge is 0.255 e. The van der Waals surface area contributed by atoms with E-state index in [4.69, 9.17) is 11.6 Å². The Labute approximate surface area is 131 Å². The van der Waals surface area contributed by atoms with E-state index in [1.54, 1.807) is 11.8 Å². The highest BCUT2D eigenvalue weighted by Crippen LogP contribution is 2.39. The fraction of sp³-hybridized carbons (Fsp3) is 0.188. The molecule has 5 heteroatoms. The predicted octanol–water partition coefficient (Wildman–Crippen LogP) is 4.37. The molecule has 1 saturated heterocycles. The maximum absolute atomic E-state index is 13.0. The van der Waals surface area contributed by atoms with Crippen molar-refractivity contribution < 1.29 is 9.18 Å². The van der Waals surface area contributed by atoms with Crippen LogP contribution in [0.2, 0.25) is 5.02 Å². The number of carbonyl (C=O) groups excluding carboxylic acids is 1. The second-order valence-electron chi connectivity index (χ2n) is 4.78. The topological polar surface area (TPSA) is 20.3 Å². The molecule has 0 aliphatic carbocycles. The lowest BCUT2D eigenvalue weighted by atomic mass is 10.1. The zero-order valence-electron chi connectivity index (χ0n) is 11.1.